The standard InChI is InChI=1S/C28H22N4O3/c1-20-29-26(32-17-5-6-18-32)19-27(30-20)35-25-15-11-22(12-16-25)31-28(33)21-9-13-24(14-10-21)34-23-7-3-2-4-8-23/h2-19H,1H3,(H,31,33). The Balaban J connectivity index is 1.21. The highest BCUT2D eigenvalue weighted by atomic mass is 16.5. The van der Waals surface area contributed by atoms with Gasteiger partial charge in [0.05, 0.1) is 0 Å². The fraction of sp³-hybridized carbons (Fsp3) is 0.0357. The third-order valence-corrected chi connectivity index (χ3v) is 5.10. The monoisotopic (exact) mass is 462 g/mol. The molecule has 0 unspecified atom stereocenters. The van der Waals surface area contributed by atoms with Gasteiger partial charge in [-0.2, -0.15) is 4.98 Å². The summed E-state index contributed by atoms with van der Waals surface area (Å²) in [5, 5.41) is 2.89. The maximum Gasteiger partial charge on any atom is 0.255 e. The number of para-hydroxylation sites is 1. The summed E-state index contributed by atoms with van der Waals surface area (Å²) in [7, 11) is 0. The highest BCUT2D eigenvalue weighted by Gasteiger charge is 2.09. The summed E-state index contributed by atoms with van der Waals surface area (Å²) < 4.78 is 13.6. The third kappa shape index (κ3) is 5.54. The van der Waals surface area contributed by atoms with Crippen molar-refractivity contribution in [3.8, 4) is 28.9 Å². The highest BCUT2D eigenvalue weighted by molar-refractivity contribution is 6.04. The molecule has 0 saturated heterocycles. The molecule has 0 bridgehead atoms. The van der Waals surface area contributed by atoms with Crippen LogP contribution in [0.2, 0.25) is 0 Å². The SMILES string of the molecule is Cc1nc(Oc2ccc(NC(=O)c3ccc(Oc4ccccc4)cc3)cc2)cc(-n2cccc2)n1. The van der Waals surface area contributed by atoms with Gasteiger partial charge in [-0.25, -0.2) is 4.98 Å². The predicted octanol–water partition coefficient (Wildman–Crippen LogP) is 6.41. The number of amides is 1. The Morgan fingerprint density at radius 3 is 2.09 bits per heavy atom. The summed E-state index contributed by atoms with van der Waals surface area (Å²) in [5.41, 5.74) is 1.18. The topological polar surface area (TPSA) is 78.3 Å². The van der Waals surface area contributed by atoms with Gasteiger partial charge in [0.1, 0.15) is 28.9 Å². The number of hydrogen-bond acceptors (Lipinski definition) is 5. The molecule has 35 heavy (non-hydrogen) atoms. The van der Waals surface area contributed by atoms with Crippen molar-refractivity contribution in [2.45, 2.75) is 6.92 Å². The predicted molar refractivity (Wildman–Crippen MR) is 134 cm³/mol. The van der Waals surface area contributed by atoms with Crippen molar-refractivity contribution in [3.05, 3.63) is 121 Å². The van der Waals surface area contributed by atoms with Crippen molar-refractivity contribution in [2.24, 2.45) is 0 Å². The fourth-order valence-corrected chi connectivity index (χ4v) is 3.43. The number of benzene rings is 3. The minimum absolute atomic E-state index is 0.215. The Hall–Kier alpha value is -4.91. The van der Waals surface area contributed by atoms with Crippen LogP contribution in [0.3, 0.4) is 0 Å². The van der Waals surface area contributed by atoms with Gasteiger partial charge in [0, 0.05) is 29.7 Å². The average Bonchev–Trinajstić information content (AvgIpc) is 3.41. The minimum atomic E-state index is -0.215. The van der Waals surface area contributed by atoms with E-state index in [1.807, 2.05) is 66.3 Å². The number of aromatic nitrogens is 3. The van der Waals surface area contributed by atoms with Crippen LogP contribution in [0.1, 0.15) is 16.2 Å². The number of carbonyl (C=O) groups is 1. The Morgan fingerprint density at radius 2 is 1.37 bits per heavy atom. The lowest BCUT2D eigenvalue weighted by Gasteiger charge is -2.10. The van der Waals surface area contributed by atoms with Gasteiger partial charge in [-0.3, -0.25) is 4.79 Å². The molecule has 7 heteroatoms. The third-order valence-electron chi connectivity index (χ3n) is 5.10. The van der Waals surface area contributed by atoms with Gasteiger partial charge in [-0.05, 0) is 79.7 Å². The largest absolute Gasteiger partial charge is 0.457 e. The van der Waals surface area contributed by atoms with Crippen LogP contribution in [0.4, 0.5) is 5.69 Å². The molecule has 0 aliphatic carbocycles. The second-order valence-electron chi connectivity index (χ2n) is 7.72. The van der Waals surface area contributed by atoms with E-state index in [9.17, 15) is 4.79 Å². The maximum atomic E-state index is 12.6. The van der Waals surface area contributed by atoms with Crippen molar-refractivity contribution in [1.82, 2.24) is 14.5 Å². The molecule has 1 N–H and O–H groups in total. The average molecular weight is 463 g/mol. The number of nitrogens with zero attached hydrogens (tertiary/aromatic N) is 3. The Bertz CT molecular complexity index is 1420. The molecule has 0 radical (unpaired) electrons. The molecule has 0 spiro atoms. The van der Waals surface area contributed by atoms with Crippen molar-refractivity contribution in [1.29, 1.82) is 0 Å². The molecule has 0 fully saturated rings. The van der Waals surface area contributed by atoms with Gasteiger partial charge in [-0.1, -0.05) is 18.2 Å². The van der Waals surface area contributed by atoms with E-state index in [1.165, 1.54) is 0 Å². The van der Waals surface area contributed by atoms with Crippen LogP contribution in [-0.2, 0) is 0 Å². The molecule has 1 amide bonds. The molecular weight excluding hydrogens is 440 g/mol. The summed E-state index contributed by atoms with van der Waals surface area (Å²) >= 11 is 0. The molecule has 5 rings (SSSR count). The van der Waals surface area contributed by atoms with E-state index in [2.05, 4.69) is 15.3 Å². The molecule has 0 saturated carbocycles. The lowest BCUT2D eigenvalue weighted by atomic mass is 10.2. The second kappa shape index (κ2) is 9.93. The molecule has 0 aliphatic rings. The fourth-order valence-electron chi connectivity index (χ4n) is 3.43. The lowest BCUT2D eigenvalue weighted by molar-refractivity contribution is 0.102. The molecule has 172 valence electrons. The van der Waals surface area contributed by atoms with E-state index in [0.29, 0.717) is 34.5 Å². The number of aryl methyl sites for hydroxylation is 1. The Labute approximate surface area is 202 Å². The van der Waals surface area contributed by atoms with Crippen LogP contribution in [-0.4, -0.2) is 20.4 Å². The first-order chi connectivity index (χ1) is 17.1. The second-order valence-corrected chi connectivity index (χ2v) is 7.72. The van der Waals surface area contributed by atoms with Gasteiger partial charge in [0.25, 0.3) is 5.91 Å². The van der Waals surface area contributed by atoms with Gasteiger partial charge in [0.2, 0.25) is 5.88 Å². The molecule has 3 aromatic carbocycles. The molecule has 7 nitrogen and oxygen atoms in total. The normalized spacial score (nSPS) is 10.5. The van der Waals surface area contributed by atoms with Crippen LogP contribution in [0.5, 0.6) is 23.1 Å². The first-order valence-corrected chi connectivity index (χ1v) is 11.0. The quantitative estimate of drug-likeness (QED) is 0.302. The summed E-state index contributed by atoms with van der Waals surface area (Å²) in [5.74, 6) is 3.56. The smallest absolute Gasteiger partial charge is 0.255 e. The van der Waals surface area contributed by atoms with Gasteiger partial charge in [0.15, 0.2) is 0 Å². The van der Waals surface area contributed by atoms with E-state index in [0.717, 1.165) is 11.6 Å². The van der Waals surface area contributed by atoms with E-state index < -0.39 is 0 Å². The van der Waals surface area contributed by atoms with Crippen molar-refractivity contribution >= 4 is 11.6 Å². The number of carbonyl (C=O) groups excluding carboxylic acids is 1. The van der Waals surface area contributed by atoms with Crippen LogP contribution in [0, 0.1) is 6.92 Å². The van der Waals surface area contributed by atoms with Crippen LogP contribution in [0.15, 0.2) is 109 Å². The van der Waals surface area contributed by atoms with E-state index in [4.69, 9.17) is 9.47 Å². The van der Waals surface area contributed by atoms with Crippen LogP contribution >= 0.6 is 0 Å². The summed E-state index contributed by atoms with van der Waals surface area (Å²) in [6.45, 7) is 1.82. The van der Waals surface area contributed by atoms with Crippen LogP contribution in [0.25, 0.3) is 5.82 Å². The summed E-state index contributed by atoms with van der Waals surface area (Å²) in [4.78, 5) is 21.4. The number of ether oxygens (including phenoxy) is 2. The molecule has 0 aliphatic heterocycles. The molecular formula is C28H22N4O3. The van der Waals surface area contributed by atoms with Crippen LogP contribution < -0.4 is 14.8 Å². The van der Waals surface area contributed by atoms with E-state index >= 15 is 0 Å². The molecule has 5 aromatic rings. The van der Waals surface area contributed by atoms with Gasteiger partial charge < -0.3 is 19.4 Å². The maximum absolute atomic E-state index is 12.6. The summed E-state index contributed by atoms with van der Waals surface area (Å²) in [6, 6.07) is 29.2. The molecule has 2 heterocycles. The summed E-state index contributed by atoms with van der Waals surface area (Å²) in [6.07, 6.45) is 3.82. The van der Waals surface area contributed by atoms with Crippen molar-refractivity contribution in [2.75, 3.05) is 5.32 Å². The van der Waals surface area contributed by atoms with E-state index in [1.54, 1.807) is 54.6 Å². The van der Waals surface area contributed by atoms with Crippen molar-refractivity contribution < 1.29 is 14.3 Å². The number of nitrogens with one attached hydrogen (secondary N) is 1. The lowest BCUT2D eigenvalue weighted by Crippen LogP contribution is -2.11. The molecule has 2 aromatic heterocycles. The van der Waals surface area contributed by atoms with E-state index in [-0.39, 0.29) is 5.91 Å². The number of rotatable bonds is 7. The Kier molecular flexibility index (Phi) is 6.21. The zero-order chi connectivity index (χ0) is 24.0. The zero-order valence-electron chi connectivity index (χ0n) is 19.0. The van der Waals surface area contributed by atoms with Crippen molar-refractivity contribution in [3.63, 3.8) is 0 Å². The molecule has 0 atom stereocenters. The first-order valence-electron chi connectivity index (χ1n) is 11.0. The minimum Gasteiger partial charge on any atom is -0.457 e. The first kappa shape index (κ1) is 21.9. The zero-order valence-corrected chi connectivity index (χ0v) is 19.0. The van der Waals surface area contributed by atoms with Gasteiger partial charge in [-0.15, -0.1) is 0 Å². The van der Waals surface area contributed by atoms with Gasteiger partial charge >= 0.3 is 0 Å². The number of anilines is 1. The Morgan fingerprint density at radius 1 is 0.743 bits per heavy atom. The highest BCUT2D eigenvalue weighted by Crippen LogP contribution is 2.24. The number of hydrogen-bond donors (Lipinski definition) is 1.